The average molecular weight is 581 g/mol. The number of Topliss-reactive ketones (excluding diaryl/α,β-unsaturated/α-hetero) is 1. The lowest BCUT2D eigenvalue weighted by atomic mass is 9.57. The maximum Gasteiger partial charge on any atom is 0.331 e. The van der Waals surface area contributed by atoms with Gasteiger partial charge in [-0.1, -0.05) is 44.2 Å². The highest BCUT2D eigenvalue weighted by Gasteiger charge is 2.56. The summed E-state index contributed by atoms with van der Waals surface area (Å²) in [5.41, 5.74) is -0.0597. The normalized spacial score (nSPS) is 32.6. The summed E-state index contributed by atoms with van der Waals surface area (Å²) in [6.45, 7) is 9.59. The first kappa shape index (κ1) is 31.4. The molecule has 0 heterocycles. The van der Waals surface area contributed by atoms with E-state index in [1.54, 1.807) is 26.0 Å². The largest absolute Gasteiger partial charge is 0.458 e. The highest BCUT2D eigenvalue weighted by atomic mass is 16.6. The van der Waals surface area contributed by atoms with Gasteiger partial charge in [-0.2, -0.15) is 0 Å². The molecule has 0 aliphatic heterocycles. The molecule has 3 aliphatic carbocycles. The smallest absolute Gasteiger partial charge is 0.331 e. The molecular weight excluding hydrogens is 540 g/mol. The second-order valence-electron chi connectivity index (χ2n) is 12.4. The molecule has 0 unspecified atom stereocenters. The minimum Gasteiger partial charge on any atom is -0.458 e. The quantitative estimate of drug-likeness (QED) is 0.230. The molecule has 0 radical (unpaired) electrons. The number of fused-ring (bicyclic) bond motifs is 4. The first-order valence-electron chi connectivity index (χ1n) is 14.3. The molecule has 1 aromatic carbocycles. The van der Waals surface area contributed by atoms with E-state index in [0.717, 1.165) is 5.56 Å². The summed E-state index contributed by atoms with van der Waals surface area (Å²) >= 11 is 0. The van der Waals surface area contributed by atoms with Crippen molar-refractivity contribution >= 4 is 29.8 Å². The van der Waals surface area contributed by atoms with Crippen molar-refractivity contribution < 1.29 is 43.6 Å². The zero-order valence-electron chi connectivity index (χ0n) is 25.0. The van der Waals surface area contributed by atoms with Crippen LogP contribution in [-0.2, 0) is 33.4 Å². The first-order valence-corrected chi connectivity index (χ1v) is 14.3. The molecule has 226 valence electrons. The zero-order valence-corrected chi connectivity index (χ0v) is 25.0. The third kappa shape index (κ3) is 6.13. The molecule has 9 nitrogen and oxygen atoms in total. The molecule has 3 aliphatic rings. The van der Waals surface area contributed by atoms with Crippen LogP contribution in [0.25, 0.3) is 6.08 Å². The van der Waals surface area contributed by atoms with Crippen molar-refractivity contribution in [2.75, 3.05) is 0 Å². The number of carbonyl (C=O) groups excluding carboxylic acids is 4. The fourth-order valence-corrected chi connectivity index (χ4v) is 6.83. The molecule has 1 saturated carbocycles. The van der Waals surface area contributed by atoms with Gasteiger partial charge in [-0.05, 0) is 66.5 Å². The third-order valence-electron chi connectivity index (χ3n) is 9.09. The number of esters is 3. The van der Waals surface area contributed by atoms with Crippen LogP contribution < -0.4 is 0 Å². The number of ether oxygens (including phenoxy) is 3. The first-order chi connectivity index (χ1) is 19.6. The number of carbonyl (C=O) groups is 4. The standard InChI is InChI=1S/C33H40O9/c1-18-24(40-19(2)34)15-23-26(41-20(3)35)14-22-17-33(6,31(39)30(38)29(18)32(23,4)5)27(36)16-25(22)42-28(37)13-12-21-10-8-7-9-11-21/h7-14,23-27,30,36,38H,15-17H2,1-6H3/t23-,24-,25-,26+,27+,30-,33+/m1/s1. The lowest BCUT2D eigenvalue weighted by molar-refractivity contribution is -0.157. The molecule has 0 saturated heterocycles. The van der Waals surface area contributed by atoms with Crippen LogP contribution in [0, 0.1) is 16.7 Å². The van der Waals surface area contributed by atoms with Crippen molar-refractivity contribution in [3.05, 3.63) is 64.8 Å². The average Bonchev–Trinajstić information content (AvgIpc) is 2.90. The van der Waals surface area contributed by atoms with Gasteiger partial charge >= 0.3 is 17.9 Å². The van der Waals surface area contributed by atoms with E-state index in [1.165, 1.54) is 19.9 Å². The predicted molar refractivity (Wildman–Crippen MR) is 153 cm³/mol. The third-order valence-corrected chi connectivity index (χ3v) is 9.09. The SMILES string of the molecule is CC(=O)O[C@H]1C=C2C[C@](C)(C(=O)[C@H](O)C3=C(C)[C@H](OC(C)=O)C[C@H]1C3(C)C)[C@@H](O)C[C@H]2OC(=O)C=Cc1ccccc1. The Labute approximate surface area is 246 Å². The van der Waals surface area contributed by atoms with Gasteiger partial charge in [0.2, 0.25) is 0 Å². The van der Waals surface area contributed by atoms with E-state index < -0.39 is 71.0 Å². The second kappa shape index (κ2) is 12.0. The van der Waals surface area contributed by atoms with E-state index in [-0.39, 0.29) is 19.3 Å². The Hall–Kier alpha value is -3.56. The molecule has 0 spiro atoms. The molecule has 0 amide bonds. The van der Waals surface area contributed by atoms with Crippen LogP contribution in [0.1, 0.15) is 66.4 Å². The van der Waals surface area contributed by atoms with Crippen LogP contribution in [0.4, 0.5) is 0 Å². The number of rotatable bonds is 5. The minimum atomic E-state index is -1.61. The summed E-state index contributed by atoms with van der Waals surface area (Å²) in [4.78, 5) is 51.3. The van der Waals surface area contributed by atoms with Gasteiger partial charge in [0.05, 0.1) is 11.5 Å². The summed E-state index contributed by atoms with van der Waals surface area (Å²) in [6, 6.07) is 9.22. The number of hydrogen-bond donors (Lipinski definition) is 2. The van der Waals surface area contributed by atoms with Crippen LogP contribution in [0.2, 0.25) is 0 Å². The summed E-state index contributed by atoms with van der Waals surface area (Å²) in [5.74, 6) is -2.80. The van der Waals surface area contributed by atoms with E-state index in [2.05, 4.69) is 0 Å². The molecule has 7 atom stereocenters. The highest BCUT2D eigenvalue weighted by molar-refractivity contribution is 5.93. The fourth-order valence-electron chi connectivity index (χ4n) is 6.83. The molecule has 9 heteroatoms. The van der Waals surface area contributed by atoms with Crippen molar-refractivity contribution in [3.8, 4) is 0 Å². The number of aliphatic hydroxyl groups is 2. The molecule has 1 aromatic rings. The van der Waals surface area contributed by atoms with Crippen molar-refractivity contribution in [2.45, 2.75) is 91.3 Å². The monoisotopic (exact) mass is 580 g/mol. The second-order valence-corrected chi connectivity index (χ2v) is 12.4. The lowest BCUT2D eigenvalue weighted by Crippen LogP contribution is -2.56. The van der Waals surface area contributed by atoms with Crippen LogP contribution in [-0.4, -0.2) is 64.4 Å². The Kier molecular flexibility index (Phi) is 8.94. The molecule has 0 aromatic heterocycles. The summed E-state index contributed by atoms with van der Waals surface area (Å²) in [5, 5.41) is 22.9. The number of benzene rings is 1. The van der Waals surface area contributed by atoms with Gasteiger partial charge in [-0.15, -0.1) is 0 Å². The fraction of sp³-hybridized carbons (Fsp3) is 0.515. The van der Waals surface area contributed by atoms with Gasteiger partial charge in [0, 0.05) is 32.3 Å². The summed E-state index contributed by atoms with van der Waals surface area (Å²) in [6.07, 6.45) is -0.588. The Morgan fingerprint density at radius 2 is 1.57 bits per heavy atom. The van der Waals surface area contributed by atoms with E-state index in [4.69, 9.17) is 14.2 Å². The Morgan fingerprint density at radius 3 is 2.19 bits per heavy atom. The van der Waals surface area contributed by atoms with Gasteiger partial charge in [0.1, 0.15) is 24.4 Å². The molecule has 2 N–H and O–H groups in total. The minimum absolute atomic E-state index is 0.0188. The molecule has 4 bridgehead atoms. The van der Waals surface area contributed by atoms with E-state index >= 15 is 0 Å². The molecule has 4 rings (SSSR count). The van der Waals surface area contributed by atoms with Crippen LogP contribution >= 0.6 is 0 Å². The topological polar surface area (TPSA) is 136 Å². The molecular formula is C33H40O9. The number of aliphatic hydroxyl groups excluding tert-OH is 2. The lowest BCUT2D eigenvalue weighted by Gasteiger charge is -2.50. The van der Waals surface area contributed by atoms with E-state index in [0.29, 0.717) is 16.7 Å². The Balaban J connectivity index is 1.82. The van der Waals surface area contributed by atoms with Gasteiger partial charge in [0.15, 0.2) is 5.78 Å². The predicted octanol–water partition coefficient (Wildman–Crippen LogP) is 3.87. The summed E-state index contributed by atoms with van der Waals surface area (Å²) < 4.78 is 17.2. The Morgan fingerprint density at radius 1 is 0.929 bits per heavy atom. The molecule has 1 fully saturated rings. The van der Waals surface area contributed by atoms with Crippen molar-refractivity contribution in [3.63, 3.8) is 0 Å². The molecule has 42 heavy (non-hydrogen) atoms. The Bertz CT molecular complexity index is 1340. The van der Waals surface area contributed by atoms with Gasteiger partial charge in [-0.3, -0.25) is 14.4 Å². The van der Waals surface area contributed by atoms with Crippen LogP contribution in [0.5, 0.6) is 0 Å². The van der Waals surface area contributed by atoms with Crippen LogP contribution in [0.15, 0.2) is 59.2 Å². The zero-order chi connectivity index (χ0) is 31.0. The van der Waals surface area contributed by atoms with E-state index in [1.807, 2.05) is 44.2 Å². The van der Waals surface area contributed by atoms with Crippen molar-refractivity contribution in [2.24, 2.45) is 16.7 Å². The van der Waals surface area contributed by atoms with Crippen LogP contribution in [0.3, 0.4) is 0 Å². The maximum absolute atomic E-state index is 14.0. The summed E-state index contributed by atoms with van der Waals surface area (Å²) in [7, 11) is 0. The van der Waals surface area contributed by atoms with Gasteiger partial charge < -0.3 is 24.4 Å². The van der Waals surface area contributed by atoms with E-state index in [9.17, 15) is 29.4 Å². The van der Waals surface area contributed by atoms with Gasteiger partial charge in [-0.25, -0.2) is 4.79 Å². The van der Waals surface area contributed by atoms with Crippen molar-refractivity contribution in [1.82, 2.24) is 0 Å². The van der Waals surface area contributed by atoms with Crippen molar-refractivity contribution in [1.29, 1.82) is 0 Å². The van der Waals surface area contributed by atoms with Gasteiger partial charge in [0.25, 0.3) is 0 Å². The number of hydrogen-bond acceptors (Lipinski definition) is 9. The highest BCUT2D eigenvalue weighted by Crippen LogP contribution is 2.53. The maximum atomic E-state index is 14.0. The number of ketones is 1.